The van der Waals surface area contributed by atoms with Gasteiger partial charge in [-0.15, -0.1) is 0 Å². The Hall–Kier alpha value is -2.49. The van der Waals surface area contributed by atoms with E-state index in [0.717, 1.165) is 23.5 Å². The van der Waals surface area contributed by atoms with Crippen molar-refractivity contribution in [1.82, 2.24) is 5.32 Å². The fourth-order valence-electron chi connectivity index (χ4n) is 2.04. The molecule has 1 amide bonds. The molecule has 2 aromatic rings. The van der Waals surface area contributed by atoms with Crippen LogP contribution in [0.3, 0.4) is 0 Å². The molecule has 0 saturated carbocycles. The lowest BCUT2D eigenvalue weighted by atomic mass is 10.1. The number of nitrogens with one attached hydrogen (secondary N) is 1. The molecule has 0 atom stereocenters. The summed E-state index contributed by atoms with van der Waals surface area (Å²) in [7, 11) is 1.65. The molecule has 0 spiro atoms. The average molecular weight is 299 g/mol. The zero-order valence-corrected chi connectivity index (χ0v) is 12.7. The van der Waals surface area contributed by atoms with Crippen LogP contribution in [0.4, 0.5) is 0 Å². The molecule has 0 unspecified atom stereocenters. The molecule has 2 rings (SSSR count). The molecular weight excluding hydrogens is 278 g/mol. The Morgan fingerprint density at radius 2 is 1.82 bits per heavy atom. The summed E-state index contributed by atoms with van der Waals surface area (Å²) >= 11 is 0. The second-order valence-corrected chi connectivity index (χ2v) is 4.86. The summed E-state index contributed by atoms with van der Waals surface area (Å²) in [6.07, 6.45) is 1.13. The van der Waals surface area contributed by atoms with Gasteiger partial charge >= 0.3 is 0 Å². The Morgan fingerprint density at radius 1 is 1.05 bits per heavy atom. The van der Waals surface area contributed by atoms with Crippen LogP contribution in [0.2, 0.25) is 0 Å². The van der Waals surface area contributed by atoms with Gasteiger partial charge in [0.1, 0.15) is 11.5 Å². The smallest absolute Gasteiger partial charge is 0.223 e. The van der Waals surface area contributed by atoms with Gasteiger partial charge in [0.2, 0.25) is 5.91 Å². The maximum Gasteiger partial charge on any atom is 0.223 e. The Kier molecular flexibility index (Phi) is 6.30. The lowest BCUT2D eigenvalue weighted by Crippen LogP contribution is -2.27. The van der Waals surface area contributed by atoms with E-state index in [9.17, 15) is 4.79 Å². The highest BCUT2D eigenvalue weighted by Gasteiger charge is 2.02. The second kappa shape index (κ2) is 8.72. The van der Waals surface area contributed by atoms with Crippen LogP contribution in [0.1, 0.15) is 12.0 Å². The lowest BCUT2D eigenvalue weighted by molar-refractivity contribution is -0.121. The molecule has 4 nitrogen and oxygen atoms in total. The third-order valence-electron chi connectivity index (χ3n) is 3.21. The van der Waals surface area contributed by atoms with Crippen LogP contribution in [0.5, 0.6) is 11.5 Å². The van der Waals surface area contributed by atoms with Gasteiger partial charge < -0.3 is 14.8 Å². The van der Waals surface area contributed by atoms with E-state index in [1.165, 1.54) is 0 Å². The number of rotatable bonds is 8. The van der Waals surface area contributed by atoms with Gasteiger partial charge in [0, 0.05) is 6.54 Å². The van der Waals surface area contributed by atoms with Gasteiger partial charge in [-0.2, -0.15) is 0 Å². The molecular formula is C18H21NO3. The van der Waals surface area contributed by atoms with Crippen LogP contribution >= 0.6 is 0 Å². The number of para-hydroxylation sites is 1. The van der Waals surface area contributed by atoms with E-state index in [4.69, 9.17) is 9.47 Å². The van der Waals surface area contributed by atoms with Crippen molar-refractivity contribution in [1.29, 1.82) is 0 Å². The summed E-state index contributed by atoms with van der Waals surface area (Å²) in [5, 5.41) is 2.90. The number of benzene rings is 2. The number of carbonyl (C=O) groups is 1. The van der Waals surface area contributed by atoms with Crippen molar-refractivity contribution >= 4 is 5.91 Å². The number of carbonyl (C=O) groups excluding carboxylic acids is 1. The Bertz CT molecular complexity index is 584. The minimum atomic E-state index is -0.00109. The van der Waals surface area contributed by atoms with Crippen LogP contribution < -0.4 is 14.8 Å². The predicted octanol–water partition coefficient (Wildman–Crippen LogP) is 2.82. The topological polar surface area (TPSA) is 47.6 Å². The minimum Gasteiger partial charge on any atom is -0.497 e. The second-order valence-electron chi connectivity index (χ2n) is 4.86. The molecule has 4 heteroatoms. The summed E-state index contributed by atoms with van der Waals surface area (Å²) in [4.78, 5) is 11.7. The van der Waals surface area contributed by atoms with Crippen molar-refractivity contribution in [2.24, 2.45) is 0 Å². The van der Waals surface area contributed by atoms with E-state index in [-0.39, 0.29) is 5.91 Å². The van der Waals surface area contributed by atoms with Crippen molar-refractivity contribution < 1.29 is 14.3 Å². The fraction of sp³-hybridized carbons (Fsp3) is 0.278. The molecule has 22 heavy (non-hydrogen) atoms. The third kappa shape index (κ3) is 5.48. The number of hydrogen-bond acceptors (Lipinski definition) is 3. The van der Waals surface area contributed by atoms with E-state index >= 15 is 0 Å². The molecule has 0 fully saturated rings. The average Bonchev–Trinajstić information content (AvgIpc) is 2.56. The molecule has 2 aromatic carbocycles. The first-order valence-electron chi connectivity index (χ1n) is 7.35. The van der Waals surface area contributed by atoms with Crippen LogP contribution in [0, 0.1) is 0 Å². The van der Waals surface area contributed by atoms with Gasteiger partial charge in [-0.25, -0.2) is 0 Å². The minimum absolute atomic E-state index is 0.00109. The number of amides is 1. The molecule has 0 saturated heterocycles. The van der Waals surface area contributed by atoms with Crippen LogP contribution in [-0.2, 0) is 11.2 Å². The Balaban J connectivity index is 1.63. The lowest BCUT2D eigenvalue weighted by Gasteiger charge is -2.08. The number of hydrogen-bond donors (Lipinski definition) is 1. The molecule has 0 aliphatic rings. The monoisotopic (exact) mass is 299 g/mol. The van der Waals surface area contributed by atoms with Crippen molar-refractivity contribution in [2.45, 2.75) is 12.8 Å². The molecule has 0 aliphatic heterocycles. The number of ether oxygens (including phenoxy) is 2. The first-order chi connectivity index (χ1) is 10.8. The largest absolute Gasteiger partial charge is 0.497 e. The molecule has 0 radical (unpaired) electrons. The summed E-state index contributed by atoms with van der Waals surface area (Å²) in [6.45, 7) is 0.992. The van der Waals surface area contributed by atoms with E-state index in [0.29, 0.717) is 19.6 Å². The van der Waals surface area contributed by atoms with Crippen molar-refractivity contribution in [3.05, 3.63) is 60.2 Å². The Labute approximate surface area is 131 Å². The van der Waals surface area contributed by atoms with Crippen LogP contribution in [-0.4, -0.2) is 26.2 Å². The third-order valence-corrected chi connectivity index (χ3v) is 3.21. The van der Waals surface area contributed by atoms with Gasteiger partial charge in [0.15, 0.2) is 0 Å². The first kappa shape index (κ1) is 15.9. The first-order valence-corrected chi connectivity index (χ1v) is 7.35. The maximum absolute atomic E-state index is 11.7. The highest BCUT2D eigenvalue weighted by molar-refractivity contribution is 5.75. The molecule has 0 aromatic heterocycles. The summed E-state index contributed by atoms with van der Waals surface area (Å²) in [5.74, 6) is 1.62. The van der Waals surface area contributed by atoms with E-state index in [1.54, 1.807) is 7.11 Å². The van der Waals surface area contributed by atoms with E-state index in [1.807, 2.05) is 54.6 Å². The van der Waals surface area contributed by atoms with E-state index in [2.05, 4.69) is 5.32 Å². The molecule has 0 bridgehead atoms. The van der Waals surface area contributed by atoms with Gasteiger partial charge in [-0.3, -0.25) is 4.79 Å². The number of methoxy groups -OCH3 is 1. The summed E-state index contributed by atoms with van der Waals surface area (Å²) < 4.78 is 10.7. The Morgan fingerprint density at radius 3 is 2.59 bits per heavy atom. The SMILES string of the molecule is COc1cccc(CCNC(=O)CCOc2ccccc2)c1. The highest BCUT2D eigenvalue weighted by Crippen LogP contribution is 2.12. The zero-order chi connectivity index (χ0) is 15.6. The summed E-state index contributed by atoms with van der Waals surface area (Å²) in [6, 6.07) is 17.3. The highest BCUT2D eigenvalue weighted by atomic mass is 16.5. The molecule has 1 N–H and O–H groups in total. The van der Waals surface area contributed by atoms with Gasteiger partial charge in [-0.05, 0) is 36.2 Å². The van der Waals surface area contributed by atoms with Crippen molar-refractivity contribution in [3.8, 4) is 11.5 Å². The predicted molar refractivity (Wildman–Crippen MR) is 86.3 cm³/mol. The van der Waals surface area contributed by atoms with Crippen LogP contribution in [0.15, 0.2) is 54.6 Å². The van der Waals surface area contributed by atoms with E-state index < -0.39 is 0 Å². The van der Waals surface area contributed by atoms with Gasteiger partial charge in [0.25, 0.3) is 0 Å². The molecule has 0 heterocycles. The quantitative estimate of drug-likeness (QED) is 0.815. The van der Waals surface area contributed by atoms with Crippen molar-refractivity contribution in [3.63, 3.8) is 0 Å². The van der Waals surface area contributed by atoms with Crippen molar-refractivity contribution in [2.75, 3.05) is 20.3 Å². The standard InChI is InChI=1S/C18H21NO3/c1-21-17-9-5-6-15(14-17)10-12-19-18(20)11-13-22-16-7-3-2-4-8-16/h2-9,14H,10-13H2,1H3,(H,19,20). The van der Waals surface area contributed by atoms with Gasteiger partial charge in [0.05, 0.1) is 20.1 Å². The normalized spacial score (nSPS) is 10.0. The zero-order valence-electron chi connectivity index (χ0n) is 12.7. The summed E-state index contributed by atoms with van der Waals surface area (Å²) in [5.41, 5.74) is 1.14. The molecule has 116 valence electrons. The fourth-order valence-corrected chi connectivity index (χ4v) is 2.04. The molecule has 0 aliphatic carbocycles. The maximum atomic E-state index is 11.7. The van der Waals surface area contributed by atoms with Crippen LogP contribution in [0.25, 0.3) is 0 Å². The van der Waals surface area contributed by atoms with Gasteiger partial charge in [-0.1, -0.05) is 30.3 Å².